The number of hydrogen-bond acceptors (Lipinski definition) is 9. The first-order valence-corrected chi connectivity index (χ1v) is 11.8. The lowest BCUT2D eigenvalue weighted by Gasteiger charge is -2.29. The van der Waals surface area contributed by atoms with Gasteiger partial charge in [0.15, 0.2) is 15.8 Å². The summed E-state index contributed by atoms with van der Waals surface area (Å²) in [4.78, 5) is 12.6. The van der Waals surface area contributed by atoms with Crippen LogP contribution < -0.4 is 19.1 Å². The van der Waals surface area contributed by atoms with Crippen molar-refractivity contribution in [3.8, 4) is 11.5 Å². The number of amides is 1. The van der Waals surface area contributed by atoms with Crippen molar-refractivity contribution in [1.82, 2.24) is 10.2 Å². The van der Waals surface area contributed by atoms with E-state index in [4.69, 9.17) is 9.47 Å². The van der Waals surface area contributed by atoms with E-state index in [2.05, 4.69) is 15.5 Å². The van der Waals surface area contributed by atoms with Gasteiger partial charge in [-0.1, -0.05) is 23.1 Å². The zero-order valence-corrected chi connectivity index (χ0v) is 17.3. The van der Waals surface area contributed by atoms with Gasteiger partial charge in [0.1, 0.15) is 19.3 Å². The third-order valence-corrected chi connectivity index (χ3v) is 6.74. The molecular formula is C15H18N4O5S3. The van der Waals surface area contributed by atoms with Gasteiger partial charge in [0.25, 0.3) is 0 Å². The maximum absolute atomic E-state index is 12.6. The van der Waals surface area contributed by atoms with Crippen molar-refractivity contribution in [3.05, 3.63) is 18.2 Å². The number of ether oxygens (including phenoxy) is 2. The van der Waals surface area contributed by atoms with Crippen molar-refractivity contribution in [2.75, 3.05) is 35.3 Å². The SMILES string of the molecule is CSc1nnc(NC(=O)[C@H](C)N(c2ccc3c(c2)OCCO3)S(C)(=O)=O)s1. The Morgan fingerprint density at radius 1 is 1.30 bits per heavy atom. The number of hydrogen-bond donors (Lipinski definition) is 1. The van der Waals surface area contributed by atoms with Crippen LogP contribution in [0.5, 0.6) is 11.5 Å². The number of anilines is 2. The highest BCUT2D eigenvalue weighted by Crippen LogP contribution is 2.35. The Morgan fingerprint density at radius 2 is 2.00 bits per heavy atom. The Labute approximate surface area is 165 Å². The summed E-state index contributed by atoms with van der Waals surface area (Å²) < 4.78 is 37.5. The number of sulfonamides is 1. The first-order chi connectivity index (χ1) is 12.8. The van der Waals surface area contributed by atoms with Gasteiger partial charge in [0.2, 0.25) is 21.1 Å². The third kappa shape index (κ3) is 4.45. The fourth-order valence-electron chi connectivity index (χ4n) is 2.53. The van der Waals surface area contributed by atoms with Crippen LogP contribution in [0.3, 0.4) is 0 Å². The molecule has 0 saturated carbocycles. The molecule has 3 rings (SSSR count). The molecule has 27 heavy (non-hydrogen) atoms. The number of rotatable bonds is 6. The largest absolute Gasteiger partial charge is 0.486 e. The molecule has 0 aliphatic carbocycles. The molecule has 12 heteroatoms. The summed E-state index contributed by atoms with van der Waals surface area (Å²) in [6, 6.07) is 3.75. The van der Waals surface area contributed by atoms with Crippen molar-refractivity contribution < 1.29 is 22.7 Å². The van der Waals surface area contributed by atoms with Crippen LogP contribution in [0.2, 0.25) is 0 Å². The highest BCUT2D eigenvalue weighted by Gasteiger charge is 2.30. The molecule has 0 bridgehead atoms. The normalized spacial score (nSPS) is 14.5. The van der Waals surface area contributed by atoms with Gasteiger partial charge in [-0.15, -0.1) is 10.2 Å². The van der Waals surface area contributed by atoms with E-state index in [1.165, 1.54) is 30.0 Å². The van der Waals surface area contributed by atoms with Crippen LogP contribution in [0.25, 0.3) is 0 Å². The molecule has 0 fully saturated rings. The Kier molecular flexibility index (Phi) is 5.77. The second-order valence-corrected chi connectivity index (χ2v) is 9.52. The molecule has 0 spiro atoms. The number of aromatic nitrogens is 2. The highest BCUT2D eigenvalue weighted by molar-refractivity contribution is 8.00. The van der Waals surface area contributed by atoms with Crippen LogP contribution >= 0.6 is 23.1 Å². The first-order valence-electron chi connectivity index (χ1n) is 7.87. The van der Waals surface area contributed by atoms with Crippen LogP contribution in [0.15, 0.2) is 22.5 Å². The van der Waals surface area contributed by atoms with Gasteiger partial charge < -0.3 is 9.47 Å². The molecule has 1 amide bonds. The zero-order valence-electron chi connectivity index (χ0n) is 14.8. The molecule has 0 saturated heterocycles. The number of nitrogens with zero attached hydrogens (tertiary/aromatic N) is 3. The van der Waals surface area contributed by atoms with Crippen LogP contribution in [0.1, 0.15) is 6.92 Å². The fraction of sp³-hybridized carbons (Fsp3) is 0.400. The molecule has 0 unspecified atom stereocenters. The van der Waals surface area contributed by atoms with E-state index >= 15 is 0 Å². The van der Waals surface area contributed by atoms with Crippen LogP contribution in [0, 0.1) is 0 Å². The van der Waals surface area contributed by atoms with Crippen LogP contribution in [-0.2, 0) is 14.8 Å². The highest BCUT2D eigenvalue weighted by atomic mass is 32.2. The predicted octanol–water partition coefficient (Wildman–Crippen LogP) is 1.82. The lowest BCUT2D eigenvalue weighted by Crippen LogP contribution is -2.45. The number of fused-ring (bicyclic) bond motifs is 1. The minimum atomic E-state index is -3.74. The number of carbonyl (C=O) groups is 1. The molecule has 1 N–H and O–H groups in total. The number of carbonyl (C=O) groups excluding carboxylic acids is 1. The number of thioether (sulfide) groups is 1. The van der Waals surface area contributed by atoms with E-state index in [0.29, 0.717) is 39.9 Å². The van der Waals surface area contributed by atoms with Crippen molar-refractivity contribution >= 4 is 49.8 Å². The van der Waals surface area contributed by atoms with Crippen LogP contribution in [0.4, 0.5) is 10.8 Å². The van der Waals surface area contributed by atoms with E-state index in [1.54, 1.807) is 18.2 Å². The zero-order chi connectivity index (χ0) is 19.6. The molecule has 9 nitrogen and oxygen atoms in total. The van der Waals surface area contributed by atoms with Gasteiger partial charge in [-0.3, -0.25) is 14.4 Å². The Hall–Kier alpha value is -2.05. The Bertz CT molecular complexity index is 947. The van der Waals surface area contributed by atoms with Gasteiger partial charge >= 0.3 is 0 Å². The van der Waals surface area contributed by atoms with Gasteiger partial charge in [0, 0.05) is 6.07 Å². The van der Waals surface area contributed by atoms with Gasteiger partial charge in [0.05, 0.1) is 11.9 Å². The van der Waals surface area contributed by atoms with Crippen LogP contribution in [-0.4, -0.2) is 56.3 Å². The average molecular weight is 431 g/mol. The summed E-state index contributed by atoms with van der Waals surface area (Å²) in [6.45, 7) is 2.31. The first kappa shape index (κ1) is 19.7. The summed E-state index contributed by atoms with van der Waals surface area (Å²) in [7, 11) is -3.74. The molecule has 2 aromatic rings. The molecule has 1 aromatic heterocycles. The van der Waals surface area contributed by atoms with E-state index in [9.17, 15) is 13.2 Å². The monoisotopic (exact) mass is 430 g/mol. The smallest absolute Gasteiger partial charge is 0.249 e. The van der Waals surface area contributed by atoms with E-state index < -0.39 is 22.0 Å². The van der Waals surface area contributed by atoms with Crippen molar-refractivity contribution in [1.29, 1.82) is 0 Å². The summed E-state index contributed by atoms with van der Waals surface area (Å²) in [5.74, 6) is 0.460. The molecule has 146 valence electrons. The van der Waals surface area contributed by atoms with E-state index in [1.807, 2.05) is 6.26 Å². The average Bonchev–Trinajstić information content (AvgIpc) is 3.08. The second kappa shape index (κ2) is 7.90. The lowest BCUT2D eigenvalue weighted by molar-refractivity contribution is -0.116. The summed E-state index contributed by atoms with van der Waals surface area (Å²) in [5, 5.41) is 10.7. The Balaban J connectivity index is 1.87. The fourth-order valence-corrected chi connectivity index (χ4v) is 4.87. The maximum Gasteiger partial charge on any atom is 0.249 e. The minimum absolute atomic E-state index is 0.312. The topological polar surface area (TPSA) is 111 Å². The van der Waals surface area contributed by atoms with Crippen molar-refractivity contribution in [3.63, 3.8) is 0 Å². The standard InChI is InChI=1S/C15H18N4O5S3/c1-9(13(20)16-14-17-18-15(25-2)26-14)19(27(3,21)22)10-4-5-11-12(8-10)24-7-6-23-11/h4-5,8-9H,6-7H2,1-3H3,(H,16,17,20)/t9-/m0/s1. The maximum atomic E-state index is 12.6. The lowest BCUT2D eigenvalue weighted by atomic mass is 10.2. The van der Waals surface area contributed by atoms with Crippen molar-refractivity contribution in [2.24, 2.45) is 0 Å². The molecule has 0 radical (unpaired) electrons. The molecule has 2 heterocycles. The van der Waals surface area contributed by atoms with Gasteiger partial charge in [-0.05, 0) is 25.3 Å². The molecule has 1 atom stereocenters. The molecule has 1 aliphatic rings. The summed E-state index contributed by atoms with van der Waals surface area (Å²) >= 11 is 2.62. The summed E-state index contributed by atoms with van der Waals surface area (Å²) in [5.41, 5.74) is 0.312. The predicted molar refractivity (Wildman–Crippen MR) is 105 cm³/mol. The minimum Gasteiger partial charge on any atom is -0.486 e. The number of benzene rings is 1. The van der Waals surface area contributed by atoms with E-state index in [0.717, 1.165) is 10.6 Å². The molecular weight excluding hydrogens is 412 g/mol. The molecule has 1 aliphatic heterocycles. The number of nitrogens with one attached hydrogen (secondary N) is 1. The Morgan fingerprint density at radius 3 is 2.63 bits per heavy atom. The van der Waals surface area contributed by atoms with Gasteiger partial charge in [-0.25, -0.2) is 8.42 Å². The quantitative estimate of drug-likeness (QED) is 0.546. The molecule has 1 aromatic carbocycles. The third-order valence-electron chi connectivity index (χ3n) is 3.68. The van der Waals surface area contributed by atoms with E-state index in [-0.39, 0.29) is 0 Å². The van der Waals surface area contributed by atoms with Gasteiger partial charge in [-0.2, -0.15) is 0 Å². The summed E-state index contributed by atoms with van der Waals surface area (Å²) in [6.07, 6.45) is 2.90. The second-order valence-electron chi connectivity index (χ2n) is 5.63. The van der Waals surface area contributed by atoms with Crippen molar-refractivity contribution in [2.45, 2.75) is 17.3 Å².